The number of hydrogen-bond donors (Lipinski definition) is 2. The first-order valence-corrected chi connectivity index (χ1v) is 4.97. The quantitative estimate of drug-likeness (QED) is 0.758. The third kappa shape index (κ3) is 2.02. The van der Waals surface area contributed by atoms with E-state index in [1.165, 1.54) is 6.20 Å². The van der Waals surface area contributed by atoms with E-state index in [0.717, 1.165) is 18.4 Å². The molecule has 1 amide bonds. The zero-order valence-electron chi connectivity index (χ0n) is 8.62. The summed E-state index contributed by atoms with van der Waals surface area (Å²) in [6.07, 6.45) is 3.45. The molecule has 82 valence electrons. The van der Waals surface area contributed by atoms with Gasteiger partial charge in [-0.05, 0) is 19.8 Å². The predicted octanol–water partition coefficient (Wildman–Crippen LogP) is 0.485. The average Bonchev–Trinajstić information content (AvgIpc) is 2.91. The molecule has 1 aliphatic carbocycles. The van der Waals surface area contributed by atoms with E-state index in [-0.39, 0.29) is 23.7 Å². The predicted molar refractivity (Wildman–Crippen MR) is 52.3 cm³/mol. The Morgan fingerprint density at radius 2 is 2.47 bits per heavy atom. The van der Waals surface area contributed by atoms with Crippen molar-refractivity contribution < 1.29 is 14.4 Å². The molecule has 5 nitrogen and oxygen atoms in total. The van der Waals surface area contributed by atoms with Crippen LogP contribution in [0.3, 0.4) is 0 Å². The summed E-state index contributed by atoms with van der Waals surface area (Å²) in [7, 11) is 0. The number of nitrogens with one attached hydrogen (secondary N) is 1. The van der Waals surface area contributed by atoms with Gasteiger partial charge in [0.25, 0.3) is 5.91 Å². The molecule has 0 saturated heterocycles. The van der Waals surface area contributed by atoms with Gasteiger partial charge in [0.15, 0.2) is 0 Å². The first-order chi connectivity index (χ1) is 7.17. The summed E-state index contributed by atoms with van der Waals surface area (Å²) < 4.78 is 4.82. The maximum atomic E-state index is 11.6. The Hall–Kier alpha value is -1.36. The van der Waals surface area contributed by atoms with Gasteiger partial charge in [-0.2, -0.15) is 0 Å². The molecule has 0 aliphatic heterocycles. The van der Waals surface area contributed by atoms with E-state index >= 15 is 0 Å². The number of amides is 1. The number of aromatic nitrogens is 1. The Balaban J connectivity index is 1.91. The molecule has 0 radical (unpaired) electrons. The van der Waals surface area contributed by atoms with Crippen molar-refractivity contribution in [2.75, 3.05) is 13.2 Å². The summed E-state index contributed by atoms with van der Waals surface area (Å²) >= 11 is 0. The molecular formula is C10H14N2O3. The molecule has 1 fully saturated rings. The minimum Gasteiger partial charge on any atom is -0.396 e. The molecule has 1 saturated carbocycles. The van der Waals surface area contributed by atoms with E-state index in [1.54, 1.807) is 6.92 Å². The Kier molecular flexibility index (Phi) is 2.48. The van der Waals surface area contributed by atoms with Crippen molar-refractivity contribution in [1.29, 1.82) is 0 Å². The van der Waals surface area contributed by atoms with Gasteiger partial charge in [0.1, 0.15) is 0 Å². The molecule has 0 spiro atoms. The highest BCUT2D eigenvalue weighted by Gasteiger charge is 2.42. The molecule has 1 aliphatic rings. The van der Waals surface area contributed by atoms with Crippen molar-refractivity contribution in [3.8, 4) is 0 Å². The van der Waals surface area contributed by atoms with Crippen molar-refractivity contribution in [1.82, 2.24) is 10.5 Å². The highest BCUT2D eigenvalue weighted by Crippen LogP contribution is 2.44. The smallest absolute Gasteiger partial charge is 0.290 e. The van der Waals surface area contributed by atoms with E-state index in [2.05, 4.69) is 10.5 Å². The van der Waals surface area contributed by atoms with Crippen LogP contribution in [0.5, 0.6) is 0 Å². The molecule has 1 aromatic rings. The van der Waals surface area contributed by atoms with Crippen LogP contribution in [0.2, 0.25) is 0 Å². The summed E-state index contributed by atoms with van der Waals surface area (Å²) in [4.78, 5) is 11.6. The number of carbonyl (C=O) groups excluding carboxylic acids is 1. The van der Waals surface area contributed by atoms with Gasteiger partial charge in [-0.1, -0.05) is 5.16 Å². The lowest BCUT2D eigenvalue weighted by Crippen LogP contribution is -2.31. The molecule has 5 heteroatoms. The molecule has 2 N–H and O–H groups in total. The summed E-state index contributed by atoms with van der Waals surface area (Å²) in [5.74, 6) is -0.00605. The summed E-state index contributed by atoms with van der Waals surface area (Å²) in [6, 6.07) is 0. The van der Waals surface area contributed by atoms with Gasteiger partial charge in [0, 0.05) is 17.5 Å². The van der Waals surface area contributed by atoms with Crippen LogP contribution in [-0.4, -0.2) is 29.3 Å². The van der Waals surface area contributed by atoms with E-state index in [0.29, 0.717) is 6.54 Å². The van der Waals surface area contributed by atoms with E-state index < -0.39 is 0 Å². The fourth-order valence-electron chi connectivity index (χ4n) is 1.42. The Morgan fingerprint density at radius 3 is 2.93 bits per heavy atom. The molecule has 1 aromatic heterocycles. The fraction of sp³-hybridized carbons (Fsp3) is 0.600. The zero-order chi connectivity index (χ0) is 10.9. The van der Waals surface area contributed by atoms with E-state index in [1.807, 2.05) is 0 Å². The van der Waals surface area contributed by atoms with Crippen LogP contribution in [0.15, 0.2) is 10.7 Å². The van der Waals surface area contributed by atoms with Crippen LogP contribution < -0.4 is 5.32 Å². The number of nitrogens with zero attached hydrogens (tertiary/aromatic N) is 1. The number of aliphatic hydroxyl groups excluding tert-OH is 1. The number of aliphatic hydroxyl groups is 1. The Morgan fingerprint density at radius 1 is 1.73 bits per heavy atom. The maximum Gasteiger partial charge on any atom is 0.290 e. The van der Waals surface area contributed by atoms with Gasteiger partial charge < -0.3 is 14.9 Å². The van der Waals surface area contributed by atoms with Gasteiger partial charge in [-0.25, -0.2) is 0 Å². The van der Waals surface area contributed by atoms with E-state index in [9.17, 15) is 4.79 Å². The van der Waals surface area contributed by atoms with Crippen molar-refractivity contribution in [3.63, 3.8) is 0 Å². The molecule has 0 aromatic carbocycles. The third-order valence-electron chi connectivity index (χ3n) is 2.87. The third-order valence-corrected chi connectivity index (χ3v) is 2.87. The average molecular weight is 210 g/mol. The largest absolute Gasteiger partial charge is 0.396 e. The van der Waals surface area contributed by atoms with Crippen molar-refractivity contribution in [3.05, 3.63) is 17.5 Å². The Bertz CT molecular complexity index is 368. The number of aryl methyl sites for hydroxylation is 1. The maximum absolute atomic E-state index is 11.6. The first kappa shape index (κ1) is 10.2. The minimum atomic E-state index is -0.260. The molecule has 0 atom stereocenters. The van der Waals surface area contributed by atoms with Crippen LogP contribution in [0.25, 0.3) is 0 Å². The second-order valence-corrected chi connectivity index (χ2v) is 4.18. The zero-order valence-corrected chi connectivity index (χ0v) is 8.62. The highest BCUT2D eigenvalue weighted by molar-refractivity contribution is 5.92. The summed E-state index contributed by atoms with van der Waals surface area (Å²) in [6.45, 7) is 2.40. The SMILES string of the molecule is Cc1cnoc1C(=O)NCC1(CO)CC1. The van der Waals surface area contributed by atoms with Gasteiger partial charge in [0.05, 0.1) is 12.8 Å². The molecular weight excluding hydrogens is 196 g/mol. The topological polar surface area (TPSA) is 75.4 Å². The van der Waals surface area contributed by atoms with Gasteiger partial charge >= 0.3 is 0 Å². The fourth-order valence-corrected chi connectivity index (χ4v) is 1.42. The molecule has 2 rings (SSSR count). The van der Waals surface area contributed by atoms with Gasteiger partial charge in [0.2, 0.25) is 5.76 Å². The molecule has 1 heterocycles. The minimum absolute atomic E-state index is 0.0798. The normalized spacial score (nSPS) is 17.5. The van der Waals surface area contributed by atoms with Crippen LogP contribution in [0.1, 0.15) is 29.0 Å². The lowest BCUT2D eigenvalue weighted by molar-refractivity contribution is 0.0897. The van der Waals surface area contributed by atoms with Gasteiger partial charge in [-0.3, -0.25) is 4.79 Å². The highest BCUT2D eigenvalue weighted by atomic mass is 16.5. The number of hydrogen-bond acceptors (Lipinski definition) is 4. The number of rotatable bonds is 4. The first-order valence-electron chi connectivity index (χ1n) is 4.97. The van der Waals surface area contributed by atoms with Crippen molar-refractivity contribution in [2.24, 2.45) is 5.41 Å². The second-order valence-electron chi connectivity index (χ2n) is 4.18. The van der Waals surface area contributed by atoms with Crippen LogP contribution in [0.4, 0.5) is 0 Å². The van der Waals surface area contributed by atoms with E-state index in [4.69, 9.17) is 9.63 Å². The summed E-state index contributed by atoms with van der Waals surface area (Å²) in [5.41, 5.74) is 0.644. The van der Waals surface area contributed by atoms with Crippen LogP contribution in [0, 0.1) is 12.3 Å². The number of carbonyl (C=O) groups is 1. The Labute approximate surface area is 87.5 Å². The standard InChI is InChI=1S/C10H14N2O3/c1-7-4-12-15-8(7)9(14)11-5-10(6-13)2-3-10/h4,13H,2-3,5-6H2,1H3,(H,11,14). The van der Waals surface area contributed by atoms with Crippen molar-refractivity contribution in [2.45, 2.75) is 19.8 Å². The van der Waals surface area contributed by atoms with Crippen LogP contribution >= 0.6 is 0 Å². The van der Waals surface area contributed by atoms with Crippen LogP contribution in [-0.2, 0) is 0 Å². The van der Waals surface area contributed by atoms with Gasteiger partial charge in [-0.15, -0.1) is 0 Å². The lowest BCUT2D eigenvalue weighted by atomic mass is 10.1. The second kappa shape index (κ2) is 3.66. The monoisotopic (exact) mass is 210 g/mol. The molecule has 15 heavy (non-hydrogen) atoms. The van der Waals surface area contributed by atoms with Crippen molar-refractivity contribution >= 4 is 5.91 Å². The summed E-state index contributed by atoms with van der Waals surface area (Å²) in [5, 5.41) is 15.4. The lowest BCUT2D eigenvalue weighted by Gasteiger charge is -2.11. The molecule has 0 unspecified atom stereocenters. The molecule has 0 bridgehead atoms.